The van der Waals surface area contributed by atoms with Crippen LogP contribution in [0, 0.1) is 0 Å². The summed E-state index contributed by atoms with van der Waals surface area (Å²) in [5.41, 5.74) is 0.796. The van der Waals surface area contributed by atoms with E-state index in [1.165, 1.54) is 0 Å². The summed E-state index contributed by atoms with van der Waals surface area (Å²) in [7, 11) is 3.53. The molecular weight excluding hydrogens is 226 g/mol. The molecule has 84 valence electrons. The molecule has 16 heavy (non-hydrogen) atoms. The van der Waals surface area contributed by atoms with E-state index >= 15 is 0 Å². The Morgan fingerprint density at radius 3 is 2.88 bits per heavy atom. The Balaban J connectivity index is 2.33. The van der Waals surface area contributed by atoms with Crippen LogP contribution in [0.4, 0.5) is 11.6 Å². The minimum absolute atomic E-state index is 0.650. The lowest BCUT2D eigenvalue weighted by atomic mass is 10.3. The molecule has 5 heteroatoms. The fourth-order valence-electron chi connectivity index (χ4n) is 1.38. The summed E-state index contributed by atoms with van der Waals surface area (Å²) in [4.78, 5) is 4.17. The molecule has 0 aliphatic heterocycles. The first-order valence-corrected chi connectivity index (χ1v) is 5.16. The summed E-state index contributed by atoms with van der Waals surface area (Å²) in [6.07, 6.45) is 3.58. The third-order valence-electron chi connectivity index (χ3n) is 2.23. The van der Waals surface area contributed by atoms with Gasteiger partial charge in [0.2, 0.25) is 5.95 Å². The van der Waals surface area contributed by atoms with Crippen LogP contribution in [0.15, 0.2) is 30.6 Å². The Morgan fingerprint density at radius 2 is 2.25 bits per heavy atom. The first kappa shape index (κ1) is 10.8. The first-order chi connectivity index (χ1) is 7.70. The molecule has 1 aromatic heterocycles. The molecule has 0 bridgehead atoms. The molecule has 0 saturated carbocycles. The van der Waals surface area contributed by atoms with Gasteiger partial charge in [0.15, 0.2) is 0 Å². The van der Waals surface area contributed by atoms with E-state index in [0.29, 0.717) is 5.02 Å². The lowest BCUT2D eigenvalue weighted by Gasteiger charge is -2.10. The van der Waals surface area contributed by atoms with E-state index in [1.54, 1.807) is 25.4 Å². The number of methoxy groups -OCH3 is 1. The predicted molar refractivity (Wildman–Crippen MR) is 64.5 cm³/mol. The maximum absolute atomic E-state index is 5.93. The number of halogens is 1. The summed E-state index contributed by atoms with van der Waals surface area (Å²) in [5.74, 6) is 1.47. The molecule has 0 radical (unpaired) electrons. The van der Waals surface area contributed by atoms with Crippen LogP contribution in [-0.2, 0) is 7.05 Å². The second-order valence-corrected chi connectivity index (χ2v) is 3.77. The third kappa shape index (κ3) is 2.12. The number of imidazole rings is 1. The largest absolute Gasteiger partial charge is 0.495 e. The summed E-state index contributed by atoms with van der Waals surface area (Å²) in [6.45, 7) is 0. The highest BCUT2D eigenvalue weighted by Crippen LogP contribution is 2.29. The van der Waals surface area contributed by atoms with Crippen LogP contribution in [-0.4, -0.2) is 16.7 Å². The molecule has 0 atom stereocenters. The van der Waals surface area contributed by atoms with E-state index in [1.807, 2.05) is 23.9 Å². The van der Waals surface area contributed by atoms with Crippen LogP contribution in [0.3, 0.4) is 0 Å². The Labute approximate surface area is 98.8 Å². The second kappa shape index (κ2) is 4.45. The zero-order valence-corrected chi connectivity index (χ0v) is 9.82. The Hall–Kier alpha value is -1.68. The van der Waals surface area contributed by atoms with Crippen LogP contribution in [0.25, 0.3) is 0 Å². The molecule has 1 heterocycles. The Bertz CT molecular complexity index is 496. The highest BCUT2D eigenvalue weighted by atomic mass is 35.5. The van der Waals surface area contributed by atoms with E-state index in [0.717, 1.165) is 17.4 Å². The van der Waals surface area contributed by atoms with Gasteiger partial charge in [-0.25, -0.2) is 4.98 Å². The average Bonchev–Trinajstić information content (AvgIpc) is 2.65. The number of hydrogen-bond acceptors (Lipinski definition) is 3. The maximum Gasteiger partial charge on any atom is 0.207 e. The van der Waals surface area contributed by atoms with Gasteiger partial charge in [0.1, 0.15) is 5.75 Å². The molecule has 1 aromatic carbocycles. The zero-order valence-electron chi connectivity index (χ0n) is 9.07. The van der Waals surface area contributed by atoms with Gasteiger partial charge in [-0.05, 0) is 18.2 Å². The molecule has 0 amide bonds. The van der Waals surface area contributed by atoms with Gasteiger partial charge >= 0.3 is 0 Å². The fraction of sp³-hybridized carbons (Fsp3) is 0.182. The van der Waals surface area contributed by atoms with Gasteiger partial charge < -0.3 is 14.6 Å². The van der Waals surface area contributed by atoms with Crippen molar-refractivity contribution in [3.05, 3.63) is 35.6 Å². The third-order valence-corrected chi connectivity index (χ3v) is 2.46. The van der Waals surface area contributed by atoms with Gasteiger partial charge in [0, 0.05) is 24.5 Å². The molecule has 0 aliphatic carbocycles. The highest BCUT2D eigenvalue weighted by Gasteiger charge is 2.06. The molecule has 1 N–H and O–H groups in total. The second-order valence-electron chi connectivity index (χ2n) is 3.33. The summed E-state index contributed by atoms with van der Waals surface area (Å²) in [5, 5.41) is 3.81. The van der Waals surface area contributed by atoms with Gasteiger partial charge in [0.25, 0.3) is 0 Å². The number of ether oxygens (including phenoxy) is 1. The molecule has 0 saturated heterocycles. The number of nitrogens with one attached hydrogen (secondary N) is 1. The number of benzene rings is 1. The lowest BCUT2D eigenvalue weighted by Crippen LogP contribution is -2.00. The molecule has 0 fully saturated rings. The van der Waals surface area contributed by atoms with Crippen molar-refractivity contribution in [1.82, 2.24) is 9.55 Å². The van der Waals surface area contributed by atoms with E-state index in [-0.39, 0.29) is 0 Å². The molecule has 4 nitrogen and oxygen atoms in total. The van der Waals surface area contributed by atoms with E-state index in [2.05, 4.69) is 10.3 Å². The maximum atomic E-state index is 5.93. The van der Waals surface area contributed by atoms with Crippen molar-refractivity contribution < 1.29 is 4.74 Å². The number of nitrogens with zero attached hydrogens (tertiary/aromatic N) is 2. The topological polar surface area (TPSA) is 39.1 Å². The van der Waals surface area contributed by atoms with Crippen LogP contribution >= 0.6 is 11.6 Å². The number of rotatable bonds is 3. The predicted octanol–water partition coefficient (Wildman–Crippen LogP) is 2.83. The molecule has 0 spiro atoms. The van der Waals surface area contributed by atoms with Gasteiger partial charge in [-0.3, -0.25) is 0 Å². The Kier molecular flexibility index (Phi) is 3.01. The van der Waals surface area contributed by atoms with Crippen molar-refractivity contribution in [3.8, 4) is 5.75 Å². The SMILES string of the molecule is COc1ccc(Cl)cc1Nc1nccn1C. The van der Waals surface area contributed by atoms with Crippen molar-refractivity contribution >= 4 is 23.2 Å². The highest BCUT2D eigenvalue weighted by molar-refractivity contribution is 6.30. The van der Waals surface area contributed by atoms with E-state index < -0.39 is 0 Å². The van der Waals surface area contributed by atoms with Crippen molar-refractivity contribution in [1.29, 1.82) is 0 Å². The zero-order chi connectivity index (χ0) is 11.5. The molecule has 2 rings (SSSR count). The quantitative estimate of drug-likeness (QED) is 0.892. The molecule has 0 aliphatic rings. The number of aryl methyl sites for hydroxylation is 1. The molecule has 0 unspecified atom stereocenters. The van der Waals surface area contributed by atoms with E-state index in [4.69, 9.17) is 16.3 Å². The fourth-order valence-corrected chi connectivity index (χ4v) is 1.56. The van der Waals surface area contributed by atoms with Gasteiger partial charge in [-0.1, -0.05) is 11.6 Å². The van der Waals surface area contributed by atoms with Gasteiger partial charge in [0.05, 0.1) is 12.8 Å². The minimum Gasteiger partial charge on any atom is -0.495 e. The standard InChI is InChI=1S/C11H12ClN3O/c1-15-6-5-13-11(15)14-9-7-8(12)3-4-10(9)16-2/h3-7H,1-2H3,(H,13,14). The van der Waals surface area contributed by atoms with Crippen LogP contribution in [0.2, 0.25) is 5.02 Å². The van der Waals surface area contributed by atoms with Gasteiger partial charge in [-0.2, -0.15) is 0 Å². The number of aromatic nitrogens is 2. The average molecular weight is 238 g/mol. The monoisotopic (exact) mass is 237 g/mol. The van der Waals surface area contributed by atoms with Crippen molar-refractivity contribution in [2.24, 2.45) is 7.05 Å². The summed E-state index contributed by atoms with van der Waals surface area (Å²) < 4.78 is 7.11. The normalized spacial score (nSPS) is 10.2. The molecular formula is C11H12ClN3O. The van der Waals surface area contributed by atoms with Crippen molar-refractivity contribution in [2.75, 3.05) is 12.4 Å². The smallest absolute Gasteiger partial charge is 0.207 e. The van der Waals surface area contributed by atoms with Crippen LogP contribution in [0.5, 0.6) is 5.75 Å². The Morgan fingerprint density at radius 1 is 1.44 bits per heavy atom. The summed E-state index contributed by atoms with van der Waals surface area (Å²) in [6, 6.07) is 5.40. The van der Waals surface area contributed by atoms with Gasteiger partial charge in [-0.15, -0.1) is 0 Å². The van der Waals surface area contributed by atoms with E-state index in [9.17, 15) is 0 Å². The number of anilines is 2. The van der Waals surface area contributed by atoms with Crippen molar-refractivity contribution in [3.63, 3.8) is 0 Å². The first-order valence-electron chi connectivity index (χ1n) is 4.78. The van der Waals surface area contributed by atoms with Crippen LogP contribution < -0.4 is 10.1 Å². The number of hydrogen-bond donors (Lipinski definition) is 1. The summed E-state index contributed by atoms with van der Waals surface area (Å²) >= 11 is 5.93. The van der Waals surface area contributed by atoms with Crippen LogP contribution in [0.1, 0.15) is 0 Å². The lowest BCUT2D eigenvalue weighted by molar-refractivity contribution is 0.417. The molecule has 2 aromatic rings. The minimum atomic E-state index is 0.650. The van der Waals surface area contributed by atoms with Crippen molar-refractivity contribution in [2.45, 2.75) is 0 Å².